The number of hydrogen-bond acceptors (Lipinski definition) is 5. The van der Waals surface area contributed by atoms with Gasteiger partial charge in [0.2, 0.25) is 11.1 Å². The van der Waals surface area contributed by atoms with Gasteiger partial charge in [0.1, 0.15) is 6.33 Å². The van der Waals surface area contributed by atoms with Crippen molar-refractivity contribution in [2.24, 2.45) is 0 Å². The minimum atomic E-state index is -0.327. The number of carbonyl (C=O) groups is 1. The van der Waals surface area contributed by atoms with Crippen LogP contribution in [0.15, 0.2) is 60.0 Å². The van der Waals surface area contributed by atoms with Crippen molar-refractivity contribution < 1.29 is 4.79 Å². The predicted molar refractivity (Wildman–Crippen MR) is 103 cm³/mol. The lowest BCUT2D eigenvalue weighted by Crippen LogP contribution is -2.22. The molecular formula is C19H17N5OS. The van der Waals surface area contributed by atoms with Gasteiger partial charge in [-0.1, -0.05) is 36.0 Å². The third-order valence-electron chi connectivity index (χ3n) is 4.00. The number of thioether (sulfide) groups is 1. The van der Waals surface area contributed by atoms with E-state index in [9.17, 15) is 4.79 Å². The third-order valence-corrected chi connectivity index (χ3v) is 4.95. The van der Waals surface area contributed by atoms with Crippen molar-refractivity contribution in [1.29, 1.82) is 0 Å². The molecule has 2 aromatic heterocycles. The zero-order chi connectivity index (χ0) is 18.1. The van der Waals surface area contributed by atoms with Gasteiger partial charge in [-0.3, -0.25) is 4.79 Å². The summed E-state index contributed by atoms with van der Waals surface area (Å²) in [6.07, 6.45) is 1.65. The number of carbonyl (C=O) groups excluding carboxylic acids is 1. The van der Waals surface area contributed by atoms with Crippen molar-refractivity contribution in [2.75, 3.05) is 5.32 Å². The van der Waals surface area contributed by atoms with Crippen LogP contribution in [0.1, 0.15) is 12.5 Å². The van der Waals surface area contributed by atoms with E-state index in [1.165, 1.54) is 11.8 Å². The van der Waals surface area contributed by atoms with Crippen LogP contribution in [0.5, 0.6) is 0 Å². The van der Waals surface area contributed by atoms with Crippen molar-refractivity contribution in [2.45, 2.75) is 24.3 Å². The zero-order valence-electron chi connectivity index (χ0n) is 14.4. The number of nitrogens with one attached hydrogen (secondary N) is 1. The molecule has 0 aliphatic rings. The van der Waals surface area contributed by atoms with Crippen LogP contribution in [-0.2, 0) is 4.79 Å². The molecule has 0 aliphatic heterocycles. The van der Waals surface area contributed by atoms with Crippen LogP contribution < -0.4 is 5.32 Å². The molecule has 6 nitrogen and oxygen atoms in total. The van der Waals surface area contributed by atoms with E-state index in [2.05, 4.69) is 20.4 Å². The summed E-state index contributed by atoms with van der Waals surface area (Å²) >= 11 is 1.33. The average Bonchev–Trinajstić information content (AvgIpc) is 3.04. The van der Waals surface area contributed by atoms with Gasteiger partial charge in [-0.2, -0.15) is 0 Å². The molecule has 26 heavy (non-hydrogen) atoms. The first-order valence-corrected chi connectivity index (χ1v) is 9.12. The number of hydrogen-bond donors (Lipinski definition) is 1. The Morgan fingerprint density at radius 2 is 2.04 bits per heavy atom. The Morgan fingerprint density at radius 3 is 2.88 bits per heavy atom. The number of fused-ring (bicyclic) bond motifs is 3. The molecule has 0 radical (unpaired) electrons. The minimum Gasteiger partial charge on any atom is -0.325 e. The highest BCUT2D eigenvalue weighted by molar-refractivity contribution is 8.00. The van der Waals surface area contributed by atoms with Gasteiger partial charge in [-0.25, -0.2) is 14.5 Å². The van der Waals surface area contributed by atoms with Gasteiger partial charge >= 0.3 is 0 Å². The molecule has 0 aliphatic carbocycles. The van der Waals surface area contributed by atoms with E-state index in [4.69, 9.17) is 0 Å². The molecule has 0 saturated carbocycles. The van der Waals surface area contributed by atoms with Gasteiger partial charge in [0, 0.05) is 11.1 Å². The fourth-order valence-corrected chi connectivity index (χ4v) is 3.44. The summed E-state index contributed by atoms with van der Waals surface area (Å²) in [4.78, 5) is 21.4. The Kier molecular flexibility index (Phi) is 4.30. The van der Waals surface area contributed by atoms with Crippen LogP contribution in [0.25, 0.3) is 16.6 Å². The number of aryl methyl sites for hydroxylation is 1. The highest BCUT2D eigenvalue weighted by atomic mass is 32.2. The van der Waals surface area contributed by atoms with E-state index in [-0.39, 0.29) is 11.2 Å². The quantitative estimate of drug-likeness (QED) is 0.560. The van der Waals surface area contributed by atoms with Crippen molar-refractivity contribution in [3.63, 3.8) is 0 Å². The Bertz CT molecular complexity index is 1110. The molecular weight excluding hydrogens is 346 g/mol. The fraction of sp³-hybridized carbons (Fsp3) is 0.158. The summed E-state index contributed by atoms with van der Waals surface area (Å²) < 4.78 is 1.65. The number of aromatic nitrogens is 4. The van der Waals surface area contributed by atoms with Crippen LogP contribution in [-0.4, -0.2) is 30.7 Å². The summed E-state index contributed by atoms with van der Waals surface area (Å²) in [6.45, 7) is 3.84. The van der Waals surface area contributed by atoms with Crippen LogP contribution in [0.3, 0.4) is 0 Å². The monoisotopic (exact) mass is 363 g/mol. The largest absolute Gasteiger partial charge is 0.325 e. The molecule has 0 bridgehead atoms. The van der Waals surface area contributed by atoms with E-state index in [1.54, 1.807) is 10.8 Å². The number of para-hydroxylation sites is 1. The molecule has 0 fully saturated rings. The van der Waals surface area contributed by atoms with Crippen molar-refractivity contribution >= 4 is 39.9 Å². The maximum absolute atomic E-state index is 12.4. The Hall–Kier alpha value is -2.93. The maximum Gasteiger partial charge on any atom is 0.237 e. The molecule has 1 atom stereocenters. The minimum absolute atomic E-state index is 0.0811. The summed E-state index contributed by atoms with van der Waals surface area (Å²) in [6, 6.07) is 15.5. The first kappa shape index (κ1) is 16.5. The second-order valence-corrected chi connectivity index (χ2v) is 7.35. The topological polar surface area (TPSA) is 72.2 Å². The number of benzene rings is 2. The lowest BCUT2D eigenvalue weighted by molar-refractivity contribution is -0.115. The van der Waals surface area contributed by atoms with Gasteiger partial charge in [0.25, 0.3) is 0 Å². The molecule has 0 spiro atoms. The van der Waals surface area contributed by atoms with E-state index in [0.29, 0.717) is 5.16 Å². The molecule has 130 valence electrons. The van der Waals surface area contributed by atoms with Crippen molar-refractivity contribution in [3.05, 3.63) is 60.4 Å². The summed E-state index contributed by atoms with van der Waals surface area (Å²) in [5.74, 6) is -0.0811. The highest BCUT2D eigenvalue weighted by Crippen LogP contribution is 2.24. The molecule has 4 rings (SSSR count). The van der Waals surface area contributed by atoms with Crippen LogP contribution in [0.2, 0.25) is 0 Å². The lowest BCUT2D eigenvalue weighted by atomic mass is 10.2. The molecule has 1 N–H and O–H groups in total. The molecule has 0 unspecified atom stereocenters. The Morgan fingerprint density at radius 1 is 1.19 bits per heavy atom. The molecule has 2 aromatic carbocycles. The van der Waals surface area contributed by atoms with Gasteiger partial charge in [-0.05, 0) is 43.7 Å². The van der Waals surface area contributed by atoms with Crippen LogP contribution in [0, 0.1) is 6.92 Å². The summed E-state index contributed by atoms with van der Waals surface area (Å²) in [5.41, 5.74) is 3.50. The molecule has 0 saturated heterocycles. The zero-order valence-corrected chi connectivity index (χ0v) is 15.2. The van der Waals surface area contributed by atoms with Crippen LogP contribution >= 0.6 is 11.8 Å². The SMILES string of the molecule is Cc1cccc(NC(=O)[C@@H](C)Sc2nc3c4ccccc4ncn3n2)c1. The standard InChI is InChI=1S/C19H17N5OS/c1-12-6-5-7-14(10-12)21-18(25)13(2)26-19-22-17-15-8-3-4-9-16(15)20-11-24(17)23-19/h3-11,13H,1-2H3,(H,21,25)/t13-/m1/s1. The third kappa shape index (κ3) is 3.25. The second kappa shape index (κ2) is 6.76. The van der Waals surface area contributed by atoms with Gasteiger partial charge < -0.3 is 5.32 Å². The predicted octanol–water partition coefficient (Wildman–Crippen LogP) is 3.71. The molecule has 1 amide bonds. The number of anilines is 1. The number of rotatable bonds is 4. The second-order valence-electron chi connectivity index (χ2n) is 6.04. The van der Waals surface area contributed by atoms with E-state index in [1.807, 2.05) is 62.4 Å². The summed E-state index contributed by atoms with van der Waals surface area (Å²) in [7, 11) is 0. The van der Waals surface area contributed by atoms with Gasteiger partial charge in [0.15, 0.2) is 5.65 Å². The molecule has 7 heteroatoms. The average molecular weight is 363 g/mol. The Balaban J connectivity index is 1.54. The van der Waals surface area contributed by atoms with E-state index >= 15 is 0 Å². The van der Waals surface area contributed by atoms with Gasteiger partial charge in [0.05, 0.1) is 10.8 Å². The highest BCUT2D eigenvalue weighted by Gasteiger charge is 2.18. The molecule has 4 aromatic rings. The van der Waals surface area contributed by atoms with Gasteiger partial charge in [-0.15, -0.1) is 5.10 Å². The number of nitrogens with zero attached hydrogens (tertiary/aromatic N) is 4. The van der Waals surface area contributed by atoms with Crippen molar-refractivity contribution in [3.8, 4) is 0 Å². The maximum atomic E-state index is 12.4. The normalized spacial score (nSPS) is 12.4. The summed E-state index contributed by atoms with van der Waals surface area (Å²) in [5, 5.41) is 8.52. The first-order valence-electron chi connectivity index (χ1n) is 8.24. The van der Waals surface area contributed by atoms with Crippen molar-refractivity contribution in [1.82, 2.24) is 19.6 Å². The molecule has 2 heterocycles. The Labute approximate surface area is 154 Å². The van der Waals surface area contributed by atoms with E-state index < -0.39 is 0 Å². The smallest absolute Gasteiger partial charge is 0.237 e. The lowest BCUT2D eigenvalue weighted by Gasteiger charge is -2.10. The fourth-order valence-electron chi connectivity index (χ4n) is 2.69. The van der Waals surface area contributed by atoms with Crippen LogP contribution in [0.4, 0.5) is 5.69 Å². The number of amides is 1. The van der Waals surface area contributed by atoms with E-state index in [0.717, 1.165) is 27.8 Å². The first-order chi connectivity index (χ1) is 12.6.